The van der Waals surface area contributed by atoms with Crippen molar-refractivity contribution in [2.45, 2.75) is 53.0 Å². The van der Waals surface area contributed by atoms with Crippen LogP contribution in [0.4, 0.5) is 9.52 Å². The van der Waals surface area contributed by atoms with Crippen LogP contribution in [0.5, 0.6) is 11.5 Å². The quantitative estimate of drug-likeness (QED) is 0.427. The van der Waals surface area contributed by atoms with E-state index in [2.05, 4.69) is 29.5 Å². The van der Waals surface area contributed by atoms with Crippen LogP contribution in [0.2, 0.25) is 0 Å². The lowest BCUT2D eigenvalue weighted by Gasteiger charge is -2.14. The number of ether oxygens (including phenoxy) is 2. The van der Waals surface area contributed by atoms with Gasteiger partial charge < -0.3 is 14.8 Å². The van der Waals surface area contributed by atoms with Crippen LogP contribution in [0, 0.1) is 5.82 Å². The fraction of sp³-hybridized carbons (Fsp3) is 0.333. The van der Waals surface area contributed by atoms with E-state index in [4.69, 9.17) is 9.47 Å². The molecular weight excluding hydrogens is 429 g/mol. The van der Waals surface area contributed by atoms with Crippen LogP contribution in [0.15, 0.2) is 47.8 Å². The first-order chi connectivity index (χ1) is 15.3. The molecule has 0 aliphatic rings. The molecule has 0 aliphatic heterocycles. The summed E-state index contributed by atoms with van der Waals surface area (Å²) < 4.78 is 25.5. The summed E-state index contributed by atoms with van der Waals surface area (Å²) in [6, 6.07) is 11.7. The van der Waals surface area contributed by atoms with E-state index in [9.17, 15) is 9.18 Å². The van der Waals surface area contributed by atoms with Crippen molar-refractivity contribution in [1.82, 2.24) is 10.3 Å². The second kappa shape index (κ2) is 11.1. The number of thiazole rings is 1. The standard InChI is InChI=1S/C24H28FN3O3S/c1-15(2)26-12-19-14-32-24(27-19)28-23(29)18-9-20(11-21(10-18)31-16(3)4)30-13-17-7-5-6-8-22(17)25/h5-11,14-16,26H,12-13H2,1-4H3,(H,27,28,29). The molecule has 6 nitrogen and oxygen atoms in total. The molecule has 0 atom stereocenters. The van der Waals surface area contributed by atoms with Gasteiger partial charge in [-0.15, -0.1) is 11.3 Å². The highest BCUT2D eigenvalue weighted by Gasteiger charge is 2.14. The normalized spacial score (nSPS) is 11.1. The van der Waals surface area contributed by atoms with E-state index >= 15 is 0 Å². The zero-order valence-corrected chi connectivity index (χ0v) is 19.5. The number of rotatable bonds is 10. The molecule has 0 aliphatic carbocycles. The monoisotopic (exact) mass is 457 g/mol. The predicted molar refractivity (Wildman–Crippen MR) is 125 cm³/mol. The molecule has 0 fully saturated rings. The molecular formula is C24H28FN3O3S. The lowest BCUT2D eigenvalue weighted by molar-refractivity contribution is 0.102. The SMILES string of the molecule is CC(C)NCc1csc(NC(=O)c2cc(OCc3ccccc3F)cc(OC(C)C)c2)n1. The van der Waals surface area contributed by atoms with Crippen molar-refractivity contribution in [2.75, 3.05) is 5.32 Å². The average Bonchev–Trinajstić information content (AvgIpc) is 3.18. The van der Waals surface area contributed by atoms with E-state index in [0.717, 1.165) is 5.69 Å². The van der Waals surface area contributed by atoms with Crippen molar-refractivity contribution < 1.29 is 18.7 Å². The van der Waals surface area contributed by atoms with Crippen molar-refractivity contribution in [1.29, 1.82) is 0 Å². The van der Waals surface area contributed by atoms with Crippen molar-refractivity contribution >= 4 is 22.4 Å². The van der Waals surface area contributed by atoms with Gasteiger partial charge in [-0.3, -0.25) is 10.1 Å². The van der Waals surface area contributed by atoms with Gasteiger partial charge in [0.1, 0.15) is 23.9 Å². The molecule has 0 unspecified atom stereocenters. The van der Waals surface area contributed by atoms with Crippen molar-refractivity contribution in [3.63, 3.8) is 0 Å². The Balaban J connectivity index is 1.74. The highest BCUT2D eigenvalue weighted by Crippen LogP contribution is 2.26. The minimum atomic E-state index is -0.341. The number of nitrogens with zero attached hydrogens (tertiary/aromatic N) is 1. The number of carbonyl (C=O) groups is 1. The van der Waals surface area contributed by atoms with E-state index in [1.165, 1.54) is 17.4 Å². The number of hydrogen-bond acceptors (Lipinski definition) is 6. The fourth-order valence-electron chi connectivity index (χ4n) is 2.83. The van der Waals surface area contributed by atoms with Crippen LogP contribution in [-0.2, 0) is 13.2 Å². The number of carbonyl (C=O) groups excluding carboxylic acids is 1. The molecule has 2 N–H and O–H groups in total. The van der Waals surface area contributed by atoms with Gasteiger partial charge in [0.15, 0.2) is 5.13 Å². The number of amides is 1. The average molecular weight is 458 g/mol. The number of nitrogens with one attached hydrogen (secondary N) is 2. The first kappa shape index (κ1) is 23.7. The Hall–Kier alpha value is -2.97. The van der Waals surface area contributed by atoms with Gasteiger partial charge in [0.25, 0.3) is 5.91 Å². The summed E-state index contributed by atoms with van der Waals surface area (Å²) in [6.07, 6.45) is -0.0808. The van der Waals surface area contributed by atoms with Crippen LogP contribution in [-0.4, -0.2) is 23.0 Å². The zero-order chi connectivity index (χ0) is 23.1. The van der Waals surface area contributed by atoms with Crippen molar-refractivity contribution in [3.05, 3.63) is 70.5 Å². The number of halogens is 1. The van der Waals surface area contributed by atoms with E-state index in [1.54, 1.807) is 36.4 Å². The Morgan fingerprint density at radius 1 is 1.12 bits per heavy atom. The molecule has 3 aromatic rings. The summed E-state index contributed by atoms with van der Waals surface area (Å²) in [5.74, 6) is 0.244. The molecule has 0 spiro atoms. The molecule has 32 heavy (non-hydrogen) atoms. The molecule has 2 aromatic carbocycles. The topological polar surface area (TPSA) is 72.5 Å². The molecule has 0 bridgehead atoms. The minimum absolute atomic E-state index is 0.0392. The molecule has 0 radical (unpaired) electrons. The van der Waals surface area contributed by atoms with Gasteiger partial charge in [0, 0.05) is 35.2 Å². The van der Waals surface area contributed by atoms with Gasteiger partial charge in [-0.25, -0.2) is 9.37 Å². The fourth-order valence-corrected chi connectivity index (χ4v) is 3.53. The maximum absolute atomic E-state index is 13.9. The van der Waals surface area contributed by atoms with E-state index in [1.807, 2.05) is 19.2 Å². The molecule has 1 aromatic heterocycles. The Morgan fingerprint density at radius 3 is 2.59 bits per heavy atom. The molecule has 170 valence electrons. The Labute approximate surface area is 191 Å². The first-order valence-electron chi connectivity index (χ1n) is 10.5. The Kier molecular flexibility index (Phi) is 8.19. The maximum Gasteiger partial charge on any atom is 0.257 e. The highest BCUT2D eigenvalue weighted by molar-refractivity contribution is 7.14. The third-order valence-corrected chi connectivity index (χ3v) is 5.14. The van der Waals surface area contributed by atoms with Gasteiger partial charge in [-0.05, 0) is 32.0 Å². The molecule has 0 saturated heterocycles. The van der Waals surface area contributed by atoms with E-state index in [-0.39, 0.29) is 24.4 Å². The van der Waals surface area contributed by atoms with Gasteiger partial charge in [0.2, 0.25) is 0 Å². The first-order valence-corrected chi connectivity index (χ1v) is 11.3. The van der Waals surface area contributed by atoms with Gasteiger partial charge in [0.05, 0.1) is 11.8 Å². The molecule has 1 amide bonds. The summed E-state index contributed by atoms with van der Waals surface area (Å²) in [5, 5.41) is 8.55. The molecule has 8 heteroatoms. The zero-order valence-electron chi connectivity index (χ0n) is 18.6. The smallest absolute Gasteiger partial charge is 0.257 e. The van der Waals surface area contributed by atoms with Gasteiger partial charge in [-0.1, -0.05) is 32.0 Å². The van der Waals surface area contributed by atoms with Crippen LogP contribution in [0.1, 0.15) is 49.3 Å². The summed E-state index contributed by atoms with van der Waals surface area (Å²) in [7, 11) is 0. The second-order valence-electron chi connectivity index (χ2n) is 7.87. The lowest BCUT2D eigenvalue weighted by atomic mass is 10.2. The van der Waals surface area contributed by atoms with Crippen molar-refractivity contribution in [3.8, 4) is 11.5 Å². The largest absolute Gasteiger partial charge is 0.491 e. The minimum Gasteiger partial charge on any atom is -0.491 e. The number of hydrogen-bond donors (Lipinski definition) is 2. The Morgan fingerprint density at radius 2 is 1.88 bits per heavy atom. The summed E-state index contributed by atoms with van der Waals surface area (Å²) in [5.41, 5.74) is 1.66. The van der Waals surface area contributed by atoms with Gasteiger partial charge in [-0.2, -0.15) is 0 Å². The second-order valence-corrected chi connectivity index (χ2v) is 8.73. The predicted octanol–water partition coefficient (Wildman–Crippen LogP) is 5.40. The summed E-state index contributed by atoms with van der Waals surface area (Å²) >= 11 is 1.37. The van der Waals surface area contributed by atoms with E-state index in [0.29, 0.717) is 40.3 Å². The van der Waals surface area contributed by atoms with E-state index < -0.39 is 0 Å². The molecule has 1 heterocycles. The highest BCUT2D eigenvalue weighted by atomic mass is 32.1. The molecule has 0 saturated carbocycles. The number of benzene rings is 2. The Bertz CT molecular complexity index is 1050. The van der Waals surface area contributed by atoms with Crippen molar-refractivity contribution in [2.24, 2.45) is 0 Å². The number of anilines is 1. The van der Waals surface area contributed by atoms with Crippen LogP contribution in [0.25, 0.3) is 0 Å². The summed E-state index contributed by atoms with van der Waals surface area (Å²) in [6.45, 7) is 8.59. The third-order valence-electron chi connectivity index (χ3n) is 4.33. The molecule has 3 rings (SSSR count). The van der Waals surface area contributed by atoms with Crippen LogP contribution in [0.3, 0.4) is 0 Å². The van der Waals surface area contributed by atoms with Gasteiger partial charge >= 0.3 is 0 Å². The number of aromatic nitrogens is 1. The third kappa shape index (κ3) is 7.03. The lowest BCUT2D eigenvalue weighted by Crippen LogP contribution is -2.22. The van der Waals surface area contributed by atoms with Crippen LogP contribution < -0.4 is 20.1 Å². The van der Waals surface area contributed by atoms with Crippen LogP contribution >= 0.6 is 11.3 Å². The maximum atomic E-state index is 13.9. The summed E-state index contributed by atoms with van der Waals surface area (Å²) in [4.78, 5) is 17.3.